The van der Waals surface area contributed by atoms with Crippen LogP contribution in [0.2, 0.25) is 0 Å². The number of carbonyl (C=O) groups excluding carboxylic acids is 3. The third-order valence-electron chi connectivity index (χ3n) is 5.28. The highest BCUT2D eigenvalue weighted by atomic mass is 16.4. The van der Waals surface area contributed by atoms with Gasteiger partial charge >= 0.3 is 5.97 Å². The Balaban J connectivity index is 2.09. The Labute approximate surface area is 196 Å². The summed E-state index contributed by atoms with van der Waals surface area (Å²) in [7, 11) is 0. The molecule has 0 spiro atoms. The maximum Gasteiger partial charge on any atom is 0.328 e. The standard InChI is InChI=1S/C22H32N6O6/c23-8-4-3-6-15(24)20(31)28-17(9-13-10-25-16-7-2-1-5-14(13)16)21(32)26-11-19(30)27-18(12-29)22(33)34/h1-2,5,7,10,15,17-18,25,29H,3-4,6,8-9,11-12,23-24H2,(H,26,32)(H,27,30)(H,28,31)(H,33,34). The first-order valence-corrected chi connectivity index (χ1v) is 11.0. The number of carbonyl (C=O) groups is 4. The molecule has 0 saturated carbocycles. The predicted octanol–water partition coefficient (Wildman–Crippen LogP) is -1.67. The SMILES string of the molecule is NCCCCC(N)C(=O)NC(Cc1c[nH]c2ccccc12)C(=O)NCC(=O)NC(CO)C(=O)O. The average molecular weight is 477 g/mol. The van der Waals surface area contributed by atoms with Crippen LogP contribution >= 0.6 is 0 Å². The van der Waals surface area contributed by atoms with Crippen molar-refractivity contribution in [2.45, 2.75) is 43.8 Å². The Kier molecular flexibility index (Phi) is 10.5. The van der Waals surface area contributed by atoms with Crippen LogP contribution in [0.4, 0.5) is 0 Å². The third kappa shape index (κ3) is 7.83. The molecule has 10 N–H and O–H groups in total. The van der Waals surface area contributed by atoms with Crippen LogP contribution in [-0.4, -0.2) is 76.7 Å². The molecule has 0 aliphatic carbocycles. The van der Waals surface area contributed by atoms with Crippen molar-refractivity contribution in [1.29, 1.82) is 0 Å². The average Bonchev–Trinajstić information content (AvgIpc) is 3.23. The van der Waals surface area contributed by atoms with Gasteiger partial charge in [0.2, 0.25) is 17.7 Å². The number of unbranched alkanes of at least 4 members (excludes halogenated alkanes) is 1. The largest absolute Gasteiger partial charge is 0.480 e. The van der Waals surface area contributed by atoms with Crippen molar-refractivity contribution in [3.63, 3.8) is 0 Å². The fourth-order valence-corrected chi connectivity index (χ4v) is 3.37. The topological polar surface area (TPSA) is 213 Å². The number of hydrogen-bond acceptors (Lipinski definition) is 7. The number of aromatic nitrogens is 1. The zero-order chi connectivity index (χ0) is 25.1. The molecule has 12 nitrogen and oxygen atoms in total. The van der Waals surface area contributed by atoms with Gasteiger partial charge in [-0.25, -0.2) is 4.79 Å². The lowest BCUT2D eigenvalue weighted by Gasteiger charge is -2.21. The van der Waals surface area contributed by atoms with Crippen LogP contribution in [0.25, 0.3) is 10.9 Å². The number of para-hydroxylation sites is 1. The highest BCUT2D eigenvalue weighted by molar-refractivity contribution is 5.93. The van der Waals surface area contributed by atoms with Gasteiger partial charge < -0.3 is 42.6 Å². The van der Waals surface area contributed by atoms with E-state index in [1.807, 2.05) is 24.3 Å². The minimum atomic E-state index is -1.49. The minimum absolute atomic E-state index is 0.132. The third-order valence-corrected chi connectivity index (χ3v) is 5.28. The zero-order valence-electron chi connectivity index (χ0n) is 18.8. The van der Waals surface area contributed by atoms with E-state index in [1.54, 1.807) is 6.20 Å². The number of carboxylic acid groups (broad SMARTS) is 1. The van der Waals surface area contributed by atoms with Crippen molar-refractivity contribution in [3.8, 4) is 0 Å². The van der Waals surface area contributed by atoms with Crippen molar-refractivity contribution < 1.29 is 29.4 Å². The molecule has 0 saturated heterocycles. The summed E-state index contributed by atoms with van der Waals surface area (Å²) in [5, 5.41) is 26.0. The van der Waals surface area contributed by atoms with Gasteiger partial charge in [-0.1, -0.05) is 24.6 Å². The van der Waals surface area contributed by atoms with Crippen LogP contribution in [0, 0.1) is 0 Å². The Morgan fingerprint density at radius 3 is 2.44 bits per heavy atom. The molecule has 0 radical (unpaired) electrons. The molecule has 34 heavy (non-hydrogen) atoms. The normalized spacial score (nSPS) is 13.6. The van der Waals surface area contributed by atoms with E-state index in [9.17, 15) is 19.2 Å². The Hall–Kier alpha value is -3.48. The lowest BCUT2D eigenvalue weighted by atomic mass is 10.0. The second-order valence-electron chi connectivity index (χ2n) is 7.87. The van der Waals surface area contributed by atoms with E-state index in [0.29, 0.717) is 19.4 Å². The maximum absolute atomic E-state index is 12.9. The second-order valence-corrected chi connectivity index (χ2v) is 7.87. The van der Waals surface area contributed by atoms with E-state index in [4.69, 9.17) is 21.7 Å². The summed E-state index contributed by atoms with van der Waals surface area (Å²) in [6.07, 6.45) is 3.67. The fraction of sp³-hybridized carbons (Fsp3) is 0.455. The number of rotatable bonds is 14. The van der Waals surface area contributed by atoms with Gasteiger partial charge in [0.1, 0.15) is 12.1 Å². The number of aliphatic hydroxyl groups is 1. The number of carboxylic acids is 1. The predicted molar refractivity (Wildman–Crippen MR) is 124 cm³/mol. The molecule has 0 aliphatic heterocycles. The molecule has 1 heterocycles. The number of H-pyrrole nitrogens is 1. The number of fused-ring (bicyclic) bond motifs is 1. The summed E-state index contributed by atoms with van der Waals surface area (Å²) >= 11 is 0. The van der Waals surface area contributed by atoms with Crippen LogP contribution in [0.5, 0.6) is 0 Å². The molecule has 3 atom stereocenters. The number of benzene rings is 1. The molecule has 0 fully saturated rings. The fourth-order valence-electron chi connectivity index (χ4n) is 3.37. The van der Waals surface area contributed by atoms with Gasteiger partial charge in [-0.15, -0.1) is 0 Å². The highest BCUT2D eigenvalue weighted by Gasteiger charge is 2.26. The van der Waals surface area contributed by atoms with Gasteiger partial charge in [-0.3, -0.25) is 14.4 Å². The first kappa shape index (κ1) is 26.8. The first-order valence-electron chi connectivity index (χ1n) is 11.0. The molecule has 0 aliphatic rings. The van der Waals surface area contributed by atoms with E-state index in [-0.39, 0.29) is 6.42 Å². The van der Waals surface area contributed by atoms with Gasteiger partial charge in [0.25, 0.3) is 0 Å². The molecule has 3 amide bonds. The number of aliphatic carboxylic acids is 1. The lowest BCUT2D eigenvalue weighted by Crippen LogP contribution is -2.54. The van der Waals surface area contributed by atoms with Gasteiger partial charge in [-0.2, -0.15) is 0 Å². The van der Waals surface area contributed by atoms with E-state index in [1.165, 1.54) is 0 Å². The number of aromatic amines is 1. The molecule has 2 aromatic rings. The quantitative estimate of drug-likeness (QED) is 0.147. The van der Waals surface area contributed by atoms with Crippen molar-refractivity contribution in [3.05, 3.63) is 36.0 Å². The Bertz CT molecular complexity index is 993. The highest BCUT2D eigenvalue weighted by Crippen LogP contribution is 2.19. The lowest BCUT2D eigenvalue weighted by molar-refractivity contribution is -0.142. The number of hydrogen-bond donors (Lipinski definition) is 8. The maximum atomic E-state index is 12.9. The van der Waals surface area contributed by atoms with Gasteiger partial charge in [-0.05, 0) is 31.0 Å². The van der Waals surface area contributed by atoms with Gasteiger partial charge in [0, 0.05) is 23.5 Å². The smallest absolute Gasteiger partial charge is 0.328 e. The van der Waals surface area contributed by atoms with Crippen molar-refractivity contribution in [2.24, 2.45) is 11.5 Å². The summed E-state index contributed by atoms with van der Waals surface area (Å²) in [6, 6.07) is 4.13. The summed E-state index contributed by atoms with van der Waals surface area (Å²) in [5.41, 5.74) is 13.1. The van der Waals surface area contributed by atoms with E-state index >= 15 is 0 Å². The monoisotopic (exact) mass is 476 g/mol. The Morgan fingerprint density at radius 1 is 1.03 bits per heavy atom. The molecule has 1 aromatic heterocycles. The number of nitrogens with one attached hydrogen (secondary N) is 4. The number of aliphatic hydroxyl groups excluding tert-OH is 1. The molecule has 0 bridgehead atoms. The molecular formula is C22H32N6O6. The minimum Gasteiger partial charge on any atom is -0.480 e. The van der Waals surface area contributed by atoms with Crippen LogP contribution in [0.15, 0.2) is 30.5 Å². The molecule has 3 unspecified atom stereocenters. The van der Waals surface area contributed by atoms with E-state index < -0.39 is 55.0 Å². The first-order chi connectivity index (χ1) is 16.3. The molecule has 186 valence electrons. The second kappa shape index (κ2) is 13.3. The van der Waals surface area contributed by atoms with Crippen LogP contribution < -0.4 is 27.4 Å². The van der Waals surface area contributed by atoms with Crippen LogP contribution in [0.3, 0.4) is 0 Å². The van der Waals surface area contributed by atoms with Crippen molar-refractivity contribution >= 4 is 34.6 Å². The van der Waals surface area contributed by atoms with Gasteiger partial charge in [0.15, 0.2) is 0 Å². The van der Waals surface area contributed by atoms with Crippen molar-refractivity contribution in [1.82, 2.24) is 20.9 Å². The van der Waals surface area contributed by atoms with Crippen LogP contribution in [0.1, 0.15) is 24.8 Å². The summed E-state index contributed by atoms with van der Waals surface area (Å²) in [5.74, 6) is -3.35. The molecule has 1 aromatic carbocycles. The Morgan fingerprint density at radius 2 is 1.76 bits per heavy atom. The zero-order valence-corrected chi connectivity index (χ0v) is 18.8. The number of amides is 3. The van der Waals surface area contributed by atoms with Crippen LogP contribution in [-0.2, 0) is 25.6 Å². The van der Waals surface area contributed by atoms with Gasteiger partial charge in [0.05, 0.1) is 19.2 Å². The number of nitrogens with two attached hydrogens (primary N) is 2. The summed E-state index contributed by atoms with van der Waals surface area (Å²) < 4.78 is 0. The molecule has 2 rings (SSSR count). The summed E-state index contributed by atoms with van der Waals surface area (Å²) in [6.45, 7) is -0.844. The summed E-state index contributed by atoms with van der Waals surface area (Å²) in [4.78, 5) is 51.5. The van der Waals surface area contributed by atoms with Crippen molar-refractivity contribution in [2.75, 3.05) is 19.7 Å². The van der Waals surface area contributed by atoms with E-state index in [2.05, 4.69) is 20.9 Å². The van der Waals surface area contributed by atoms with E-state index in [0.717, 1.165) is 22.9 Å². The molecular weight excluding hydrogens is 444 g/mol. The molecule has 12 heteroatoms.